The second-order valence-corrected chi connectivity index (χ2v) is 11.1. The van der Waals surface area contributed by atoms with Crippen molar-refractivity contribution in [2.24, 2.45) is 0 Å². The van der Waals surface area contributed by atoms with E-state index in [-0.39, 0.29) is 17.2 Å². The van der Waals surface area contributed by atoms with Crippen LogP contribution in [0.3, 0.4) is 0 Å². The smallest absolute Gasteiger partial charge is 0.0575 e. The number of aliphatic hydroxyl groups excluding tert-OH is 1. The van der Waals surface area contributed by atoms with Crippen LogP contribution in [-0.4, -0.2) is 33.7 Å². The van der Waals surface area contributed by atoms with Crippen molar-refractivity contribution in [3.8, 4) is 0 Å². The van der Waals surface area contributed by atoms with E-state index in [0.29, 0.717) is 0 Å². The Bertz CT molecular complexity index is 372. The Morgan fingerprint density at radius 3 is 1.24 bits per heavy atom. The molecule has 0 radical (unpaired) electrons. The van der Waals surface area contributed by atoms with Gasteiger partial charge in [0.2, 0.25) is 0 Å². The largest absolute Gasteiger partial charge is 0.393 e. The van der Waals surface area contributed by atoms with Gasteiger partial charge in [0.05, 0.1) is 6.10 Å². The molecule has 1 N–H and O–H groups in total. The normalized spacial score (nSPS) is 19.7. The van der Waals surface area contributed by atoms with E-state index in [0.717, 1.165) is 12.8 Å². The van der Waals surface area contributed by atoms with Crippen LogP contribution in [0.5, 0.6) is 0 Å². The summed E-state index contributed by atoms with van der Waals surface area (Å²) in [6, 6.07) is 0. The fourth-order valence-corrected chi connectivity index (χ4v) is 5.69. The summed E-state index contributed by atoms with van der Waals surface area (Å²) in [5.74, 6) is 0. The van der Waals surface area contributed by atoms with Gasteiger partial charge in [-0.15, -0.1) is 0 Å². The highest BCUT2D eigenvalue weighted by Gasteiger charge is 2.44. The van der Waals surface area contributed by atoms with Crippen LogP contribution in [0.15, 0.2) is 0 Å². The van der Waals surface area contributed by atoms with Crippen molar-refractivity contribution in [3.05, 3.63) is 0 Å². The highest BCUT2D eigenvalue weighted by Crippen LogP contribution is 2.38. The van der Waals surface area contributed by atoms with E-state index >= 15 is 0 Å². The van der Waals surface area contributed by atoms with Crippen LogP contribution < -0.4 is 0 Å². The molecule has 0 unspecified atom stereocenters. The van der Waals surface area contributed by atoms with E-state index in [9.17, 15) is 5.11 Å². The van der Waals surface area contributed by atoms with Crippen LogP contribution in [-0.2, 0) is 0 Å². The third-order valence-electron chi connectivity index (χ3n) is 7.17. The lowest BCUT2D eigenvalue weighted by Crippen LogP contribution is -2.61. The first-order chi connectivity index (χ1) is 13.8. The standard InChI is InChI=1S/C27H55NO/c1-6-7-8-9-10-11-12-13-14-15-16-17-18-19-20-21-22-28-26(2,3)23-25(29)24-27(28,4)5/h25,29H,6-24H2,1-5H3. The van der Waals surface area contributed by atoms with Gasteiger partial charge in [-0.25, -0.2) is 0 Å². The Morgan fingerprint density at radius 1 is 0.586 bits per heavy atom. The SMILES string of the molecule is CCCCCCCCCCCCCCCCCCN1C(C)(C)CC(O)CC1(C)C. The van der Waals surface area contributed by atoms with Crippen LogP contribution in [0.4, 0.5) is 0 Å². The van der Waals surface area contributed by atoms with Crippen molar-refractivity contribution in [1.29, 1.82) is 0 Å². The van der Waals surface area contributed by atoms with Crippen molar-refractivity contribution in [3.63, 3.8) is 0 Å². The molecule has 2 nitrogen and oxygen atoms in total. The van der Waals surface area contributed by atoms with Gasteiger partial charge < -0.3 is 5.11 Å². The van der Waals surface area contributed by atoms with Gasteiger partial charge in [-0.1, -0.05) is 103 Å². The number of nitrogens with zero attached hydrogens (tertiary/aromatic N) is 1. The number of rotatable bonds is 17. The average molecular weight is 410 g/mol. The minimum Gasteiger partial charge on any atom is -0.393 e. The molecule has 0 atom stereocenters. The van der Waals surface area contributed by atoms with Crippen molar-refractivity contribution in [2.75, 3.05) is 6.54 Å². The Morgan fingerprint density at radius 2 is 0.897 bits per heavy atom. The van der Waals surface area contributed by atoms with Gasteiger partial charge in [-0.3, -0.25) is 4.90 Å². The van der Waals surface area contributed by atoms with E-state index in [1.54, 1.807) is 0 Å². The maximum atomic E-state index is 10.2. The van der Waals surface area contributed by atoms with E-state index in [4.69, 9.17) is 0 Å². The molecule has 0 aliphatic carbocycles. The predicted molar refractivity (Wildman–Crippen MR) is 130 cm³/mol. The number of likely N-dealkylation sites (tertiary alicyclic amines) is 1. The van der Waals surface area contributed by atoms with Crippen molar-refractivity contribution < 1.29 is 5.11 Å². The van der Waals surface area contributed by atoms with E-state index in [1.807, 2.05) is 0 Å². The minimum absolute atomic E-state index is 0.122. The fraction of sp³-hybridized carbons (Fsp3) is 1.00. The van der Waals surface area contributed by atoms with E-state index < -0.39 is 0 Å². The number of hydrogen-bond acceptors (Lipinski definition) is 2. The summed E-state index contributed by atoms with van der Waals surface area (Å²) < 4.78 is 0. The highest BCUT2D eigenvalue weighted by molar-refractivity contribution is 4.99. The fourth-order valence-electron chi connectivity index (χ4n) is 5.69. The summed E-state index contributed by atoms with van der Waals surface area (Å²) in [5, 5.41) is 10.2. The van der Waals surface area contributed by atoms with Gasteiger partial charge in [-0.05, 0) is 53.5 Å². The van der Waals surface area contributed by atoms with Crippen molar-refractivity contribution >= 4 is 0 Å². The molecule has 0 bridgehead atoms. The number of piperidine rings is 1. The van der Waals surface area contributed by atoms with Gasteiger partial charge in [0, 0.05) is 11.1 Å². The molecule has 0 saturated carbocycles. The van der Waals surface area contributed by atoms with Gasteiger partial charge in [0.1, 0.15) is 0 Å². The average Bonchev–Trinajstić information content (AvgIpc) is 2.61. The summed E-state index contributed by atoms with van der Waals surface area (Å²) in [6.07, 6.45) is 24.5. The van der Waals surface area contributed by atoms with Gasteiger partial charge in [0.25, 0.3) is 0 Å². The maximum absolute atomic E-state index is 10.2. The van der Waals surface area contributed by atoms with Crippen LogP contribution in [0.1, 0.15) is 150 Å². The summed E-state index contributed by atoms with van der Waals surface area (Å²) >= 11 is 0. The third-order valence-corrected chi connectivity index (χ3v) is 7.17. The Hall–Kier alpha value is -0.0800. The predicted octanol–water partition coefficient (Wildman–Crippen LogP) is 8.26. The first-order valence-electron chi connectivity index (χ1n) is 13.3. The first kappa shape index (κ1) is 27.0. The van der Waals surface area contributed by atoms with Gasteiger partial charge in [0.15, 0.2) is 0 Å². The molecular weight excluding hydrogens is 354 g/mol. The zero-order valence-corrected chi connectivity index (χ0v) is 20.9. The highest BCUT2D eigenvalue weighted by atomic mass is 16.3. The van der Waals surface area contributed by atoms with Gasteiger partial charge in [-0.2, -0.15) is 0 Å². The molecule has 0 amide bonds. The number of unbranched alkanes of at least 4 members (excludes halogenated alkanes) is 15. The summed E-state index contributed by atoms with van der Waals surface area (Å²) in [5.41, 5.74) is 0.243. The maximum Gasteiger partial charge on any atom is 0.0575 e. The topological polar surface area (TPSA) is 23.5 Å². The third kappa shape index (κ3) is 11.8. The lowest BCUT2D eigenvalue weighted by molar-refractivity contribution is -0.0810. The van der Waals surface area contributed by atoms with Crippen LogP contribution >= 0.6 is 0 Å². The zero-order valence-electron chi connectivity index (χ0n) is 20.9. The molecule has 2 heteroatoms. The molecule has 0 aromatic heterocycles. The minimum atomic E-state index is -0.137. The summed E-state index contributed by atoms with van der Waals surface area (Å²) in [7, 11) is 0. The monoisotopic (exact) mass is 409 g/mol. The molecule has 0 spiro atoms. The quantitative estimate of drug-likeness (QED) is 0.244. The Kier molecular flexibility index (Phi) is 13.8. The number of aliphatic hydroxyl groups is 1. The number of hydrogen-bond donors (Lipinski definition) is 1. The Labute approximate surface area is 184 Å². The molecule has 1 fully saturated rings. The van der Waals surface area contributed by atoms with Crippen molar-refractivity contribution in [2.45, 2.75) is 167 Å². The molecule has 29 heavy (non-hydrogen) atoms. The van der Waals surface area contributed by atoms with Crippen LogP contribution in [0.25, 0.3) is 0 Å². The van der Waals surface area contributed by atoms with Gasteiger partial charge >= 0.3 is 0 Å². The molecule has 0 aromatic rings. The Balaban J connectivity index is 1.92. The molecule has 1 aliphatic rings. The lowest BCUT2D eigenvalue weighted by atomic mass is 9.78. The molecule has 0 aromatic carbocycles. The van der Waals surface area contributed by atoms with Crippen molar-refractivity contribution in [1.82, 2.24) is 4.90 Å². The molecule has 174 valence electrons. The molecule has 1 heterocycles. The molecular formula is C27H55NO. The molecule has 1 rings (SSSR count). The summed E-state index contributed by atoms with van der Waals surface area (Å²) in [6.45, 7) is 12.7. The van der Waals surface area contributed by atoms with E-state index in [2.05, 4.69) is 39.5 Å². The van der Waals surface area contributed by atoms with Crippen LogP contribution in [0.2, 0.25) is 0 Å². The molecule has 1 aliphatic heterocycles. The van der Waals surface area contributed by atoms with E-state index in [1.165, 1.54) is 109 Å². The molecule has 1 saturated heterocycles. The summed E-state index contributed by atoms with van der Waals surface area (Å²) in [4.78, 5) is 2.66. The second kappa shape index (κ2) is 14.8. The second-order valence-electron chi connectivity index (χ2n) is 11.1. The van der Waals surface area contributed by atoms with Crippen LogP contribution in [0, 0.1) is 0 Å². The lowest BCUT2D eigenvalue weighted by Gasteiger charge is -2.54. The first-order valence-corrected chi connectivity index (χ1v) is 13.3. The zero-order chi connectivity index (χ0) is 21.6.